The lowest BCUT2D eigenvalue weighted by atomic mass is 10.0. The van der Waals surface area contributed by atoms with Crippen molar-refractivity contribution >= 4 is 13.4 Å². The summed E-state index contributed by atoms with van der Waals surface area (Å²) in [6.07, 6.45) is 5.14. The molecule has 0 aromatic heterocycles. The summed E-state index contributed by atoms with van der Waals surface area (Å²) in [5, 5.41) is 11.8. The number of aryl methyl sites for hydroxylation is 1. The number of hydrogen-bond acceptors (Lipinski definition) is 2. The van der Waals surface area contributed by atoms with Crippen LogP contribution in [0.3, 0.4) is 0 Å². The predicted molar refractivity (Wildman–Crippen MR) is 73.6 cm³/mol. The fraction of sp³-hybridized carbons (Fsp3) is 0.500. The molecule has 0 bridgehead atoms. The minimum absolute atomic E-state index is 0.149. The van der Waals surface area contributed by atoms with Gasteiger partial charge in [-0.2, -0.15) is 0 Å². The molecule has 0 saturated carbocycles. The molecule has 0 aliphatic heterocycles. The van der Waals surface area contributed by atoms with Crippen LogP contribution in [0.5, 0.6) is 5.75 Å². The van der Waals surface area contributed by atoms with E-state index in [4.69, 9.17) is 10.4 Å². The van der Waals surface area contributed by atoms with E-state index in [-0.39, 0.29) is 5.75 Å². The van der Waals surface area contributed by atoms with E-state index in [2.05, 4.69) is 12.0 Å². The molecule has 0 radical (unpaired) electrons. The highest BCUT2D eigenvalue weighted by Gasteiger charge is 2.13. The van der Waals surface area contributed by atoms with Gasteiger partial charge in [-0.15, -0.1) is 0 Å². The standard InChI is InChI=1S/C12H21N2O3P/c1-2-3-4-5-6-10-9-11(15)7-8-12(10)14-18(13,16)17/h7-9,15H,2-6H2,1H3,(H4,13,14,16,17). The van der Waals surface area contributed by atoms with Crippen LogP contribution in [0.1, 0.15) is 38.2 Å². The van der Waals surface area contributed by atoms with Crippen LogP contribution >= 0.6 is 7.67 Å². The van der Waals surface area contributed by atoms with E-state index < -0.39 is 7.67 Å². The quantitative estimate of drug-likeness (QED) is 0.347. The van der Waals surface area contributed by atoms with Crippen molar-refractivity contribution < 1.29 is 14.6 Å². The number of rotatable bonds is 7. The summed E-state index contributed by atoms with van der Waals surface area (Å²) in [6.45, 7) is 2.14. The van der Waals surface area contributed by atoms with Crippen molar-refractivity contribution in [1.29, 1.82) is 0 Å². The van der Waals surface area contributed by atoms with E-state index in [1.165, 1.54) is 6.07 Å². The maximum atomic E-state index is 11.2. The number of anilines is 1. The van der Waals surface area contributed by atoms with Crippen molar-refractivity contribution in [3.8, 4) is 5.75 Å². The summed E-state index contributed by atoms with van der Waals surface area (Å²) in [7, 11) is -3.81. The van der Waals surface area contributed by atoms with E-state index in [9.17, 15) is 9.67 Å². The molecule has 1 aromatic carbocycles. The Morgan fingerprint density at radius 3 is 2.67 bits per heavy atom. The van der Waals surface area contributed by atoms with Gasteiger partial charge in [0, 0.05) is 5.69 Å². The fourth-order valence-electron chi connectivity index (χ4n) is 1.81. The number of nitrogens with two attached hydrogens (primary N) is 1. The van der Waals surface area contributed by atoms with Gasteiger partial charge in [0.15, 0.2) is 0 Å². The summed E-state index contributed by atoms with van der Waals surface area (Å²) in [4.78, 5) is 9.13. The third kappa shape index (κ3) is 5.54. The molecule has 1 atom stereocenters. The van der Waals surface area contributed by atoms with Gasteiger partial charge in [0.1, 0.15) is 5.75 Å². The summed E-state index contributed by atoms with van der Waals surface area (Å²) < 4.78 is 11.2. The predicted octanol–water partition coefficient (Wildman–Crippen LogP) is 2.99. The second-order valence-corrected chi connectivity index (χ2v) is 5.86. The maximum absolute atomic E-state index is 11.2. The van der Waals surface area contributed by atoms with Crippen molar-refractivity contribution in [3.63, 3.8) is 0 Å². The van der Waals surface area contributed by atoms with Gasteiger partial charge >= 0.3 is 7.67 Å². The van der Waals surface area contributed by atoms with Crippen LogP contribution in [0.4, 0.5) is 5.69 Å². The Morgan fingerprint density at radius 2 is 2.06 bits per heavy atom. The SMILES string of the molecule is CCCCCCc1cc(O)ccc1NP(N)(=O)O. The zero-order chi connectivity index (χ0) is 13.6. The van der Waals surface area contributed by atoms with Gasteiger partial charge in [-0.3, -0.25) is 0 Å². The Morgan fingerprint density at radius 1 is 1.33 bits per heavy atom. The molecule has 0 heterocycles. The van der Waals surface area contributed by atoms with Crippen LogP contribution in [-0.4, -0.2) is 10.00 Å². The number of nitrogens with one attached hydrogen (secondary N) is 1. The zero-order valence-corrected chi connectivity index (χ0v) is 11.5. The number of unbranched alkanes of at least 4 members (excludes halogenated alkanes) is 3. The number of benzene rings is 1. The molecule has 5 nitrogen and oxygen atoms in total. The molecular formula is C12H21N2O3P. The molecule has 1 unspecified atom stereocenters. The van der Waals surface area contributed by atoms with Crippen molar-refractivity contribution in [2.24, 2.45) is 5.50 Å². The third-order valence-corrected chi connectivity index (χ3v) is 3.23. The topological polar surface area (TPSA) is 95.6 Å². The lowest BCUT2D eigenvalue weighted by molar-refractivity contribution is 0.474. The first-order chi connectivity index (χ1) is 8.42. The highest BCUT2D eigenvalue weighted by Crippen LogP contribution is 2.34. The molecule has 0 aliphatic carbocycles. The second kappa shape index (κ2) is 6.78. The Hall–Kier alpha value is -1.03. The van der Waals surface area contributed by atoms with Crippen LogP contribution < -0.4 is 10.6 Å². The molecule has 18 heavy (non-hydrogen) atoms. The fourth-order valence-corrected chi connectivity index (χ4v) is 2.37. The van der Waals surface area contributed by atoms with E-state index in [1.807, 2.05) is 0 Å². The van der Waals surface area contributed by atoms with Gasteiger partial charge in [0.2, 0.25) is 0 Å². The summed E-state index contributed by atoms with van der Waals surface area (Å²) >= 11 is 0. The van der Waals surface area contributed by atoms with Gasteiger partial charge < -0.3 is 15.1 Å². The normalized spacial score (nSPS) is 14.2. The molecule has 0 spiro atoms. The lowest BCUT2D eigenvalue weighted by Gasteiger charge is -2.14. The van der Waals surface area contributed by atoms with E-state index >= 15 is 0 Å². The summed E-state index contributed by atoms with van der Waals surface area (Å²) in [5.74, 6) is 0.149. The van der Waals surface area contributed by atoms with Gasteiger partial charge in [-0.25, -0.2) is 10.1 Å². The Balaban J connectivity index is 2.74. The zero-order valence-electron chi connectivity index (χ0n) is 10.6. The molecule has 0 aliphatic rings. The van der Waals surface area contributed by atoms with Crippen molar-refractivity contribution in [1.82, 2.24) is 0 Å². The average molecular weight is 272 g/mol. The number of aromatic hydroxyl groups is 1. The molecule has 6 heteroatoms. The Labute approximate surface area is 108 Å². The second-order valence-electron chi connectivity index (χ2n) is 4.39. The molecule has 1 rings (SSSR count). The van der Waals surface area contributed by atoms with Crippen LogP contribution in [-0.2, 0) is 11.0 Å². The Kier molecular flexibility index (Phi) is 5.66. The molecular weight excluding hydrogens is 251 g/mol. The van der Waals surface area contributed by atoms with E-state index in [0.29, 0.717) is 5.69 Å². The lowest BCUT2D eigenvalue weighted by Crippen LogP contribution is -2.06. The third-order valence-electron chi connectivity index (χ3n) is 2.67. The monoisotopic (exact) mass is 272 g/mol. The molecule has 0 amide bonds. The van der Waals surface area contributed by atoms with Crippen LogP contribution in [0.15, 0.2) is 18.2 Å². The molecule has 0 saturated heterocycles. The number of phenolic OH excluding ortho intramolecular Hbond substituents is 1. The van der Waals surface area contributed by atoms with Crippen LogP contribution in [0, 0.1) is 0 Å². The molecule has 102 valence electrons. The van der Waals surface area contributed by atoms with Crippen molar-refractivity contribution in [2.45, 2.75) is 39.0 Å². The first kappa shape index (κ1) is 15.0. The number of phenols is 1. The molecule has 0 fully saturated rings. The largest absolute Gasteiger partial charge is 0.508 e. The minimum Gasteiger partial charge on any atom is -0.508 e. The van der Waals surface area contributed by atoms with Gasteiger partial charge in [-0.1, -0.05) is 26.2 Å². The van der Waals surface area contributed by atoms with Crippen molar-refractivity contribution in [2.75, 3.05) is 5.09 Å². The van der Waals surface area contributed by atoms with Gasteiger partial charge in [0.05, 0.1) is 0 Å². The highest BCUT2D eigenvalue weighted by atomic mass is 31.2. The average Bonchev–Trinajstić information content (AvgIpc) is 2.26. The Bertz CT molecular complexity index is 431. The maximum Gasteiger partial charge on any atom is 0.360 e. The highest BCUT2D eigenvalue weighted by molar-refractivity contribution is 7.57. The molecule has 5 N–H and O–H groups in total. The van der Waals surface area contributed by atoms with Crippen LogP contribution in [0.25, 0.3) is 0 Å². The van der Waals surface area contributed by atoms with Crippen molar-refractivity contribution in [3.05, 3.63) is 23.8 Å². The van der Waals surface area contributed by atoms with Gasteiger partial charge in [0.25, 0.3) is 0 Å². The van der Waals surface area contributed by atoms with Gasteiger partial charge in [-0.05, 0) is 36.6 Å². The first-order valence-corrected chi connectivity index (χ1v) is 7.87. The smallest absolute Gasteiger partial charge is 0.360 e. The minimum atomic E-state index is -3.81. The summed E-state index contributed by atoms with van der Waals surface area (Å²) in [6, 6.07) is 4.64. The number of hydrogen-bond donors (Lipinski definition) is 4. The first-order valence-electron chi connectivity index (χ1n) is 6.14. The van der Waals surface area contributed by atoms with Crippen LogP contribution in [0.2, 0.25) is 0 Å². The summed E-state index contributed by atoms with van der Waals surface area (Å²) in [5.41, 5.74) is 6.41. The van der Waals surface area contributed by atoms with E-state index in [1.54, 1.807) is 12.1 Å². The van der Waals surface area contributed by atoms with E-state index in [0.717, 1.165) is 37.7 Å². The molecule has 1 aromatic rings.